The van der Waals surface area contributed by atoms with E-state index in [1.165, 1.54) is 24.8 Å². The Labute approximate surface area is 147 Å². The molecule has 4 rings (SSSR count). The van der Waals surface area contributed by atoms with Crippen molar-refractivity contribution in [3.8, 4) is 0 Å². The molecule has 3 heterocycles. The monoisotopic (exact) mass is 342 g/mol. The largest absolute Gasteiger partial charge is 0.448 e. The van der Waals surface area contributed by atoms with E-state index in [-0.39, 0.29) is 5.56 Å². The summed E-state index contributed by atoms with van der Waals surface area (Å²) in [7, 11) is 0. The van der Waals surface area contributed by atoms with E-state index in [1.54, 1.807) is 4.68 Å². The van der Waals surface area contributed by atoms with Crippen molar-refractivity contribution in [1.82, 2.24) is 19.7 Å². The Morgan fingerprint density at radius 1 is 1.24 bits per heavy atom. The van der Waals surface area contributed by atoms with Crippen LogP contribution in [0.4, 0.5) is 0 Å². The summed E-state index contributed by atoms with van der Waals surface area (Å²) in [5.41, 5.74) is 3.42. The number of nitrogens with zero attached hydrogens (tertiary/aromatic N) is 4. The van der Waals surface area contributed by atoms with Gasteiger partial charge in [0, 0.05) is 19.2 Å². The van der Waals surface area contributed by atoms with Crippen LogP contribution in [0, 0.1) is 12.8 Å². The first-order valence-corrected chi connectivity index (χ1v) is 9.40. The van der Waals surface area contributed by atoms with Gasteiger partial charge in [-0.05, 0) is 70.0 Å². The normalized spacial score (nSPS) is 19.1. The van der Waals surface area contributed by atoms with Crippen molar-refractivity contribution >= 4 is 0 Å². The molecule has 1 aliphatic heterocycles. The Kier molecular flexibility index (Phi) is 4.70. The molecular formula is C19H26N4O2. The minimum Gasteiger partial charge on any atom is -0.448 e. The number of aryl methyl sites for hydroxylation is 3. The molecule has 2 aliphatic rings. The molecule has 1 aliphatic carbocycles. The predicted molar refractivity (Wildman–Crippen MR) is 94.4 cm³/mol. The van der Waals surface area contributed by atoms with Crippen LogP contribution in [0.25, 0.3) is 0 Å². The van der Waals surface area contributed by atoms with Crippen LogP contribution in [-0.4, -0.2) is 32.8 Å². The van der Waals surface area contributed by atoms with E-state index in [0.717, 1.165) is 69.0 Å². The number of oxazole rings is 1. The van der Waals surface area contributed by atoms with Crippen LogP contribution in [0.1, 0.15) is 48.4 Å². The number of fused-ring (bicyclic) bond motifs is 1. The van der Waals surface area contributed by atoms with E-state index in [1.807, 2.05) is 13.0 Å². The molecule has 134 valence electrons. The van der Waals surface area contributed by atoms with E-state index in [9.17, 15) is 4.79 Å². The Hall–Kier alpha value is -1.95. The third-order valence-corrected chi connectivity index (χ3v) is 5.63. The van der Waals surface area contributed by atoms with Gasteiger partial charge in [0.1, 0.15) is 5.76 Å². The second-order valence-electron chi connectivity index (χ2n) is 7.42. The lowest BCUT2D eigenvalue weighted by Gasteiger charge is -2.31. The maximum Gasteiger partial charge on any atom is 0.267 e. The summed E-state index contributed by atoms with van der Waals surface area (Å²) >= 11 is 0. The van der Waals surface area contributed by atoms with Gasteiger partial charge in [0.2, 0.25) is 0 Å². The molecule has 0 unspecified atom stereocenters. The molecule has 6 heteroatoms. The number of hydrogen-bond donors (Lipinski definition) is 0. The molecule has 2 aromatic heterocycles. The molecule has 0 spiro atoms. The van der Waals surface area contributed by atoms with Crippen LogP contribution < -0.4 is 5.56 Å². The zero-order valence-corrected chi connectivity index (χ0v) is 14.9. The van der Waals surface area contributed by atoms with Crippen LogP contribution in [0.3, 0.4) is 0 Å². The number of rotatable bonds is 4. The molecule has 0 atom stereocenters. The van der Waals surface area contributed by atoms with Crippen LogP contribution in [0.15, 0.2) is 21.7 Å². The number of likely N-dealkylation sites (tertiary alicyclic amines) is 1. The van der Waals surface area contributed by atoms with Crippen molar-refractivity contribution in [2.24, 2.45) is 5.92 Å². The minimum absolute atomic E-state index is 0.0706. The van der Waals surface area contributed by atoms with Crippen LogP contribution >= 0.6 is 0 Å². The lowest BCUT2D eigenvalue weighted by atomic mass is 9.95. The van der Waals surface area contributed by atoms with Gasteiger partial charge in [-0.2, -0.15) is 5.10 Å². The lowest BCUT2D eigenvalue weighted by molar-refractivity contribution is 0.161. The molecule has 1 fully saturated rings. The summed E-state index contributed by atoms with van der Waals surface area (Å²) in [6, 6.07) is 1.82. The van der Waals surface area contributed by atoms with Crippen molar-refractivity contribution in [2.75, 3.05) is 13.1 Å². The summed E-state index contributed by atoms with van der Waals surface area (Å²) < 4.78 is 7.00. The van der Waals surface area contributed by atoms with Gasteiger partial charge in [-0.15, -0.1) is 0 Å². The Morgan fingerprint density at radius 2 is 2.04 bits per heavy atom. The predicted octanol–water partition coefficient (Wildman–Crippen LogP) is 2.33. The molecule has 0 bridgehead atoms. The molecule has 0 amide bonds. The minimum atomic E-state index is 0.0706. The van der Waals surface area contributed by atoms with Gasteiger partial charge in [0.15, 0.2) is 6.39 Å². The smallest absolute Gasteiger partial charge is 0.267 e. The molecule has 25 heavy (non-hydrogen) atoms. The zero-order valence-electron chi connectivity index (χ0n) is 14.9. The molecule has 0 N–H and O–H groups in total. The van der Waals surface area contributed by atoms with Crippen molar-refractivity contribution in [3.05, 3.63) is 45.5 Å². The summed E-state index contributed by atoms with van der Waals surface area (Å²) in [4.78, 5) is 19.1. The van der Waals surface area contributed by atoms with Gasteiger partial charge in [-0.3, -0.25) is 9.69 Å². The molecule has 6 nitrogen and oxygen atoms in total. The van der Waals surface area contributed by atoms with Crippen molar-refractivity contribution in [3.63, 3.8) is 0 Å². The molecular weight excluding hydrogens is 316 g/mol. The SMILES string of the molecule is Cc1ocnc1CN1CCC(Cn2nc3c(cc2=O)CCCC3)CC1. The second kappa shape index (κ2) is 7.12. The van der Waals surface area contributed by atoms with Gasteiger partial charge in [-0.1, -0.05) is 0 Å². The second-order valence-corrected chi connectivity index (χ2v) is 7.42. The van der Waals surface area contributed by atoms with Gasteiger partial charge in [0.25, 0.3) is 5.56 Å². The molecule has 2 aromatic rings. The average Bonchev–Trinajstić information content (AvgIpc) is 3.02. The van der Waals surface area contributed by atoms with Crippen LogP contribution in [-0.2, 0) is 25.9 Å². The molecule has 0 aromatic carbocycles. The van der Waals surface area contributed by atoms with Gasteiger partial charge < -0.3 is 4.42 Å². The summed E-state index contributed by atoms with van der Waals surface area (Å²) in [5, 5.41) is 4.67. The zero-order chi connectivity index (χ0) is 17.2. The Balaban J connectivity index is 1.36. The highest BCUT2D eigenvalue weighted by Gasteiger charge is 2.22. The van der Waals surface area contributed by atoms with Crippen molar-refractivity contribution in [2.45, 2.75) is 58.5 Å². The Bertz CT molecular complexity index is 787. The number of piperidine rings is 1. The standard InChI is InChI=1S/C19H26N4O2/c1-14-18(20-13-25-14)12-22-8-6-15(7-9-22)11-23-19(24)10-16-4-2-3-5-17(16)21-23/h10,13,15H,2-9,11-12H2,1H3. The Morgan fingerprint density at radius 3 is 2.80 bits per heavy atom. The fourth-order valence-corrected chi connectivity index (χ4v) is 4.00. The van der Waals surface area contributed by atoms with E-state index in [2.05, 4.69) is 15.0 Å². The average molecular weight is 342 g/mol. The molecule has 0 radical (unpaired) electrons. The highest BCUT2D eigenvalue weighted by molar-refractivity contribution is 5.20. The van der Waals surface area contributed by atoms with E-state index >= 15 is 0 Å². The quantitative estimate of drug-likeness (QED) is 0.853. The van der Waals surface area contributed by atoms with E-state index < -0.39 is 0 Å². The highest BCUT2D eigenvalue weighted by Crippen LogP contribution is 2.22. The van der Waals surface area contributed by atoms with Gasteiger partial charge in [0.05, 0.1) is 11.4 Å². The maximum atomic E-state index is 12.3. The summed E-state index contributed by atoms with van der Waals surface area (Å²) in [6.45, 7) is 5.64. The third-order valence-electron chi connectivity index (χ3n) is 5.63. The van der Waals surface area contributed by atoms with Crippen LogP contribution in [0.2, 0.25) is 0 Å². The topological polar surface area (TPSA) is 64.2 Å². The lowest BCUT2D eigenvalue weighted by Crippen LogP contribution is -2.37. The summed E-state index contributed by atoms with van der Waals surface area (Å²) in [5.74, 6) is 1.44. The van der Waals surface area contributed by atoms with Crippen molar-refractivity contribution in [1.29, 1.82) is 0 Å². The van der Waals surface area contributed by atoms with E-state index in [0.29, 0.717) is 5.92 Å². The molecule has 1 saturated heterocycles. The van der Waals surface area contributed by atoms with Gasteiger partial charge in [-0.25, -0.2) is 9.67 Å². The van der Waals surface area contributed by atoms with Gasteiger partial charge >= 0.3 is 0 Å². The number of aromatic nitrogens is 3. The third kappa shape index (κ3) is 3.68. The van der Waals surface area contributed by atoms with E-state index in [4.69, 9.17) is 4.42 Å². The molecule has 0 saturated carbocycles. The van der Waals surface area contributed by atoms with Crippen molar-refractivity contribution < 1.29 is 4.42 Å². The fraction of sp³-hybridized carbons (Fsp3) is 0.632. The summed E-state index contributed by atoms with van der Waals surface area (Å²) in [6.07, 6.45) is 8.12. The maximum absolute atomic E-state index is 12.3. The number of hydrogen-bond acceptors (Lipinski definition) is 5. The first-order valence-electron chi connectivity index (χ1n) is 9.40. The first kappa shape index (κ1) is 16.5. The van der Waals surface area contributed by atoms with Crippen LogP contribution in [0.5, 0.6) is 0 Å². The first-order chi connectivity index (χ1) is 12.2. The fourth-order valence-electron chi connectivity index (χ4n) is 4.00. The highest BCUT2D eigenvalue weighted by atomic mass is 16.3.